The molecule has 9 heteroatoms. The van der Waals surface area contributed by atoms with Gasteiger partial charge in [-0.05, 0) is 24.8 Å². The number of fused-ring (bicyclic) bond motifs is 1. The summed E-state index contributed by atoms with van der Waals surface area (Å²) in [7, 11) is 0. The summed E-state index contributed by atoms with van der Waals surface area (Å²) in [6.07, 6.45) is 6.78. The van der Waals surface area contributed by atoms with Crippen molar-refractivity contribution in [2.45, 2.75) is 12.8 Å². The molecule has 2 aromatic rings. The molecule has 2 aromatic heterocycles. The Morgan fingerprint density at radius 2 is 2.20 bits per heavy atom. The minimum absolute atomic E-state index is 0.0489. The normalized spacial score (nSPS) is 19.6. The molecule has 0 spiro atoms. The van der Waals surface area contributed by atoms with Crippen LogP contribution in [0.15, 0.2) is 12.4 Å². The lowest BCUT2D eigenvalue weighted by Gasteiger charge is -2.26. The molecule has 8 nitrogen and oxygen atoms in total. The second-order valence-electron chi connectivity index (χ2n) is 6.08. The van der Waals surface area contributed by atoms with Gasteiger partial charge in [-0.25, -0.2) is 9.97 Å². The average molecular weight is 361 g/mol. The summed E-state index contributed by atoms with van der Waals surface area (Å²) in [5.74, 6) is 1.26. The van der Waals surface area contributed by atoms with Crippen LogP contribution in [0.3, 0.4) is 0 Å². The van der Waals surface area contributed by atoms with E-state index in [-0.39, 0.29) is 17.0 Å². The van der Waals surface area contributed by atoms with E-state index in [1.54, 1.807) is 23.4 Å². The molecular formula is C16H17ClN6O2. The number of halogens is 1. The number of aromatic nitrogens is 4. The Balaban J connectivity index is 1.75. The van der Waals surface area contributed by atoms with Crippen LogP contribution < -0.4 is 10.6 Å². The summed E-state index contributed by atoms with van der Waals surface area (Å²) in [6.45, 7) is 1.97. The zero-order valence-electron chi connectivity index (χ0n) is 13.4. The van der Waals surface area contributed by atoms with Crippen molar-refractivity contribution >= 4 is 40.9 Å². The van der Waals surface area contributed by atoms with Crippen molar-refractivity contribution in [3.8, 4) is 0 Å². The van der Waals surface area contributed by atoms with Gasteiger partial charge in [0.25, 0.3) is 5.91 Å². The fraction of sp³-hybridized carbons (Fsp3) is 0.375. The molecule has 0 bridgehead atoms. The number of nitrogens with two attached hydrogens (primary N) is 1. The maximum atomic E-state index is 13.0. The highest BCUT2D eigenvalue weighted by Crippen LogP contribution is 2.41. The molecule has 25 heavy (non-hydrogen) atoms. The summed E-state index contributed by atoms with van der Waals surface area (Å²) in [4.78, 5) is 30.1. The first kappa shape index (κ1) is 16.0. The number of nitrogens with one attached hydrogen (secondary N) is 1. The standard InChI is InChI=1S/C16H17ClN6O2/c17-13-12-10(7-11-19-3-4-20-11)15(24)23(14(12)22-16(18)21-13)8-9-1-5-25-6-2-9/h3-4,7,9H,1-2,5-6,8H2,(H,19,20)(H2,18,21,22). The number of carbonyl (C=O) groups excluding carboxylic acids is 1. The Morgan fingerprint density at radius 1 is 1.40 bits per heavy atom. The van der Waals surface area contributed by atoms with Gasteiger partial charge in [-0.3, -0.25) is 9.69 Å². The van der Waals surface area contributed by atoms with Crippen LogP contribution in [0.4, 0.5) is 11.8 Å². The summed E-state index contributed by atoms with van der Waals surface area (Å²) >= 11 is 6.28. The quantitative estimate of drug-likeness (QED) is 0.637. The second-order valence-corrected chi connectivity index (χ2v) is 6.43. The third-order valence-electron chi connectivity index (χ3n) is 4.45. The summed E-state index contributed by atoms with van der Waals surface area (Å²) in [6, 6.07) is 0. The van der Waals surface area contributed by atoms with Gasteiger partial charge in [0.2, 0.25) is 5.95 Å². The molecule has 130 valence electrons. The average Bonchev–Trinajstić information content (AvgIpc) is 3.19. The highest BCUT2D eigenvalue weighted by atomic mass is 35.5. The molecule has 1 fully saturated rings. The predicted molar refractivity (Wildman–Crippen MR) is 93.8 cm³/mol. The van der Waals surface area contributed by atoms with Crippen LogP contribution in [0, 0.1) is 5.92 Å². The third-order valence-corrected chi connectivity index (χ3v) is 4.72. The van der Waals surface area contributed by atoms with Crippen molar-refractivity contribution in [1.82, 2.24) is 19.9 Å². The number of nitrogen functional groups attached to an aromatic ring is 1. The highest BCUT2D eigenvalue weighted by molar-refractivity contribution is 6.41. The number of rotatable bonds is 3. The molecule has 0 atom stereocenters. The van der Waals surface area contributed by atoms with Crippen molar-refractivity contribution in [2.75, 3.05) is 30.4 Å². The van der Waals surface area contributed by atoms with Crippen molar-refractivity contribution in [1.29, 1.82) is 0 Å². The number of ether oxygens (including phenoxy) is 1. The number of hydrogen-bond donors (Lipinski definition) is 2. The van der Waals surface area contributed by atoms with Crippen molar-refractivity contribution in [3.05, 3.63) is 28.9 Å². The van der Waals surface area contributed by atoms with Crippen molar-refractivity contribution < 1.29 is 9.53 Å². The number of carbonyl (C=O) groups is 1. The molecule has 0 aromatic carbocycles. The number of anilines is 2. The summed E-state index contributed by atoms with van der Waals surface area (Å²) in [5, 5.41) is 0.170. The lowest BCUT2D eigenvalue weighted by molar-refractivity contribution is -0.113. The first-order valence-electron chi connectivity index (χ1n) is 8.07. The Morgan fingerprint density at radius 3 is 2.92 bits per heavy atom. The molecule has 2 aliphatic heterocycles. The van der Waals surface area contributed by atoms with Gasteiger partial charge in [0.05, 0.1) is 11.1 Å². The van der Waals surface area contributed by atoms with Crippen LogP contribution in [-0.2, 0) is 9.53 Å². The van der Waals surface area contributed by atoms with E-state index in [0.29, 0.717) is 48.5 Å². The van der Waals surface area contributed by atoms with Gasteiger partial charge in [0, 0.05) is 32.2 Å². The van der Waals surface area contributed by atoms with E-state index >= 15 is 0 Å². The first-order valence-corrected chi connectivity index (χ1v) is 8.45. The van der Waals surface area contributed by atoms with Gasteiger partial charge >= 0.3 is 0 Å². The van der Waals surface area contributed by atoms with E-state index < -0.39 is 0 Å². The number of aromatic amines is 1. The molecule has 4 heterocycles. The van der Waals surface area contributed by atoms with Gasteiger partial charge in [-0.1, -0.05) is 11.6 Å². The maximum absolute atomic E-state index is 13.0. The molecule has 2 aliphatic rings. The number of hydrogen-bond acceptors (Lipinski definition) is 6. The van der Waals surface area contributed by atoms with Crippen LogP contribution in [0.1, 0.15) is 24.2 Å². The van der Waals surface area contributed by atoms with Crippen molar-refractivity contribution in [3.63, 3.8) is 0 Å². The number of imidazole rings is 1. The van der Waals surface area contributed by atoms with Gasteiger partial charge in [-0.2, -0.15) is 4.98 Å². The van der Waals surface area contributed by atoms with Gasteiger partial charge in [-0.15, -0.1) is 0 Å². The van der Waals surface area contributed by atoms with Crippen LogP contribution in [0.5, 0.6) is 0 Å². The largest absolute Gasteiger partial charge is 0.381 e. The van der Waals surface area contributed by atoms with Crippen LogP contribution in [-0.4, -0.2) is 45.6 Å². The predicted octanol–water partition coefficient (Wildman–Crippen LogP) is 1.75. The van der Waals surface area contributed by atoms with Crippen molar-refractivity contribution in [2.24, 2.45) is 5.92 Å². The Labute approximate surface area is 149 Å². The zero-order chi connectivity index (χ0) is 17.4. The van der Waals surface area contributed by atoms with Crippen LogP contribution >= 0.6 is 11.6 Å². The fourth-order valence-electron chi connectivity index (χ4n) is 3.20. The van der Waals surface area contributed by atoms with E-state index in [1.165, 1.54) is 0 Å². The van der Waals surface area contributed by atoms with Crippen LogP contribution in [0.2, 0.25) is 5.15 Å². The van der Waals surface area contributed by atoms with Gasteiger partial charge < -0.3 is 15.5 Å². The van der Waals surface area contributed by atoms with E-state index in [0.717, 1.165) is 12.8 Å². The van der Waals surface area contributed by atoms with Gasteiger partial charge in [0.15, 0.2) is 5.82 Å². The Hall–Kier alpha value is -2.45. The number of H-pyrrole nitrogens is 1. The maximum Gasteiger partial charge on any atom is 0.260 e. The molecular weight excluding hydrogens is 344 g/mol. The number of amides is 1. The summed E-state index contributed by atoms with van der Waals surface area (Å²) < 4.78 is 5.40. The van der Waals surface area contributed by atoms with E-state index in [1.807, 2.05) is 0 Å². The SMILES string of the molecule is Nc1nc(Cl)c2c(n1)N(CC1CCOCC1)C(=O)C2=Cc1ncc[nH]1. The molecule has 4 rings (SSSR count). The fourth-order valence-corrected chi connectivity index (χ4v) is 3.47. The molecule has 0 aliphatic carbocycles. The lowest BCUT2D eigenvalue weighted by Crippen LogP contribution is -2.35. The smallest absolute Gasteiger partial charge is 0.260 e. The minimum Gasteiger partial charge on any atom is -0.381 e. The Bertz CT molecular complexity index is 829. The minimum atomic E-state index is -0.167. The highest BCUT2D eigenvalue weighted by Gasteiger charge is 2.38. The topological polar surface area (TPSA) is 110 Å². The molecule has 0 unspecified atom stereocenters. The lowest BCUT2D eigenvalue weighted by atomic mass is 10.00. The third kappa shape index (κ3) is 2.98. The van der Waals surface area contributed by atoms with E-state index in [4.69, 9.17) is 22.1 Å². The van der Waals surface area contributed by atoms with E-state index in [2.05, 4.69) is 19.9 Å². The number of nitrogens with zero attached hydrogens (tertiary/aromatic N) is 4. The molecule has 1 amide bonds. The van der Waals surface area contributed by atoms with E-state index in [9.17, 15) is 4.79 Å². The molecule has 0 radical (unpaired) electrons. The zero-order valence-corrected chi connectivity index (χ0v) is 14.2. The summed E-state index contributed by atoms with van der Waals surface area (Å²) in [5.41, 5.74) is 6.67. The molecule has 1 saturated heterocycles. The monoisotopic (exact) mass is 360 g/mol. The molecule has 3 N–H and O–H groups in total. The van der Waals surface area contributed by atoms with Crippen LogP contribution in [0.25, 0.3) is 11.6 Å². The second kappa shape index (κ2) is 6.45. The molecule has 0 saturated carbocycles. The Kier molecular flexibility index (Phi) is 4.14. The van der Waals surface area contributed by atoms with Gasteiger partial charge in [0.1, 0.15) is 11.0 Å². The first-order chi connectivity index (χ1) is 12.1.